The van der Waals surface area contributed by atoms with Gasteiger partial charge in [0.15, 0.2) is 0 Å². The predicted molar refractivity (Wildman–Crippen MR) is 76.4 cm³/mol. The first kappa shape index (κ1) is 11.1. The lowest BCUT2D eigenvalue weighted by Gasteiger charge is -2.30. The van der Waals surface area contributed by atoms with Gasteiger partial charge in [-0.25, -0.2) is 0 Å². The molecule has 0 aliphatic carbocycles. The molecule has 2 aliphatic heterocycles. The summed E-state index contributed by atoms with van der Waals surface area (Å²) in [5.74, 6) is 0. The molecule has 2 heterocycles. The van der Waals surface area contributed by atoms with E-state index >= 15 is 0 Å². The highest BCUT2D eigenvalue weighted by Gasteiger charge is 2.32. The van der Waals surface area contributed by atoms with Crippen LogP contribution in [0.15, 0.2) is 48.5 Å². The molecule has 0 bridgehead atoms. The third kappa shape index (κ3) is 1.83. The van der Waals surface area contributed by atoms with Crippen molar-refractivity contribution >= 4 is 5.69 Å². The standard InChI is InChI=1S/C17H17NO/c1-3-7-14-12(5-1)9-10-19-17(14)16-11-13-6-2-4-8-15(13)18-16/h1-8,16-18H,9-11H2. The summed E-state index contributed by atoms with van der Waals surface area (Å²) in [6.45, 7) is 0.830. The SMILES string of the molecule is c1ccc2c(c1)CC(C1OCCc3ccccc31)N2. The molecule has 0 saturated heterocycles. The lowest BCUT2D eigenvalue weighted by molar-refractivity contribution is 0.0305. The van der Waals surface area contributed by atoms with Crippen molar-refractivity contribution in [1.82, 2.24) is 0 Å². The van der Waals surface area contributed by atoms with Gasteiger partial charge >= 0.3 is 0 Å². The summed E-state index contributed by atoms with van der Waals surface area (Å²) in [6.07, 6.45) is 2.26. The molecule has 2 aromatic rings. The molecule has 2 unspecified atom stereocenters. The highest BCUT2D eigenvalue weighted by Crippen LogP contribution is 2.36. The van der Waals surface area contributed by atoms with E-state index in [2.05, 4.69) is 53.8 Å². The first-order valence-corrected chi connectivity index (χ1v) is 6.96. The number of benzene rings is 2. The summed E-state index contributed by atoms with van der Waals surface area (Å²) in [5.41, 5.74) is 5.47. The van der Waals surface area contributed by atoms with Crippen molar-refractivity contribution in [1.29, 1.82) is 0 Å². The Bertz CT molecular complexity index is 583. The van der Waals surface area contributed by atoms with Crippen molar-refractivity contribution in [2.24, 2.45) is 0 Å². The van der Waals surface area contributed by atoms with Gasteiger partial charge < -0.3 is 10.1 Å². The van der Waals surface area contributed by atoms with Gasteiger partial charge in [0, 0.05) is 5.69 Å². The summed E-state index contributed by atoms with van der Waals surface area (Å²) in [6, 6.07) is 17.6. The number of para-hydroxylation sites is 1. The summed E-state index contributed by atoms with van der Waals surface area (Å²) >= 11 is 0. The second-order valence-electron chi connectivity index (χ2n) is 5.35. The second-order valence-corrected chi connectivity index (χ2v) is 5.35. The van der Waals surface area contributed by atoms with E-state index in [0.29, 0.717) is 6.04 Å². The maximum atomic E-state index is 6.06. The smallest absolute Gasteiger partial charge is 0.103 e. The van der Waals surface area contributed by atoms with E-state index in [1.54, 1.807) is 0 Å². The second kappa shape index (κ2) is 4.39. The van der Waals surface area contributed by atoms with Crippen LogP contribution < -0.4 is 5.32 Å². The van der Waals surface area contributed by atoms with E-state index in [1.165, 1.54) is 22.4 Å². The Labute approximate surface area is 113 Å². The van der Waals surface area contributed by atoms with Gasteiger partial charge in [-0.3, -0.25) is 0 Å². The Morgan fingerprint density at radius 2 is 1.74 bits per heavy atom. The number of anilines is 1. The molecule has 4 rings (SSSR count). The molecule has 0 spiro atoms. The maximum Gasteiger partial charge on any atom is 0.103 e. The van der Waals surface area contributed by atoms with Gasteiger partial charge in [0.05, 0.1) is 12.6 Å². The number of fused-ring (bicyclic) bond motifs is 2. The lowest BCUT2D eigenvalue weighted by atomic mass is 9.92. The molecule has 0 fully saturated rings. The van der Waals surface area contributed by atoms with Crippen molar-refractivity contribution in [2.75, 3.05) is 11.9 Å². The number of hydrogen-bond donors (Lipinski definition) is 1. The molecule has 2 heteroatoms. The highest BCUT2D eigenvalue weighted by atomic mass is 16.5. The normalized spacial score (nSPS) is 24.4. The number of hydrogen-bond acceptors (Lipinski definition) is 2. The summed E-state index contributed by atoms with van der Waals surface area (Å²) < 4.78 is 6.06. The minimum Gasteiger partial charge on any atom is -0.379 e. The lowest BCUT2D eigenvalue weighted by Crippen LogP contribution is -2.31. The van der Waals surface area contributed by atoms with Crippen LogP contribution in [0.4, 0.5) is 5.69 Å². The van der Waals surface area contributed by atoms with Crippen LogP contribution in [0.5, 0.6) is 0 Å². The van der Waals surface area contributed by atoms with Gasteiger partial charge in [0.2, 0.25) is 0 Å². The predicted octanol–water partition coefficient (Wildman–Crippen LogP) is 3.34. The largest absolute Gasteiger partial charge is 0.379 e. The van der Waals surface area contributed by atoms with Crippen LogP contribution >= 0.6 is 0 Å². The summed E-state index contributed by atoms with van der Waals surface area (Å²) in [4.78, 5) is 0. The topological polar surface area (TPSA) is 21.3 Å². The molecular formula is C17H17NO. The molecular weight excluding hydrogens is 234 g/mol. The quantitative estimate of drug-likeness (QED) is 0.839. The fraction of sp³-hybridized carbons (Fsp3) is 0.294. The summed E-state index contributed by atoms with van der Waals surface area (Å²) in [5, 5.41) is 3.62. The highest BCUT2D eigenvalue weighted by molar-refractivity contribution is 5.57. The molecule has 0 aromatic heterocycles. The minimum atomic E-state index is 0.178. The van der Waals surface area contributed by atoms with Gasteiger partial charge in [-0.15, -0.1) is 0 Å². The van der Waals surface area contributed by atoms with Crippen molar-refractivity contribution < 1.29 is 4.74 Å². The van der Waals surface area contributed by atoms with Crippen LogP contribution in [0.25, 0.3) is 0 Å². The zero-order chi connectivity index (χ0) is 12.7. The van der Waals surface area contributed by atoms with Crippen LogP contribution in [-0.4, -0.2) is 12.6 Å². The zero-order valence-corrected chi connectivity index (χ0v) is 10.8. The molecule has 1 N–H and O–H groups in total. The molecule has 2 aliphatic rings. The van der Waals surface area contributed by atoms with Crippen LogP contribution in [0.3, 0.4) is 0 Å². The third-order valence-electron chi connectivity index (χ3n) is 4.19. The van der Waals surface area contributed by atoms with Gasteiger partial charge in [-0.1, -0.05) is 42.5 Å². The molecule has 0 saturated carbocycles. The van der Waals surface area contributed by atoms with Crippen LogP contribution in [0.2, 0.25) is 0 Å². The Kier molecular flexibility index (Phi) is 2.56. The first-order chi connectivity index (χ1) is 9.42. The Morgan fingerprint density at radius 3 is 2.63 bits per heavy atom. The Balaban J connectivity index is 1.66. The van der Waals surface area contributed by atoms with E-state index in [9.17, 15) is 0 Å². The van der Waals surface area contributed by atoms with E-state index in [0.717, 1.165) is 19.4 Å². The van der Waals surface area contributed by atoms with E-state index < -0.39 is 0 Å². The van der Waals surface area contributed by atoms with Crippen molar-refractivity contribution in [3.05, 3.63) is 65.2 Å². The van der Waals surface area contributed by atoms with Crippen LogP contribution in [0, 0.1) is 0 Å². The molecule has 0 amide bonds. The monoisotopic (exact) mass is 251 g/mol. The minimum absolute atomic E-state index is 0.178. The zero-order valence-electron chi connectivity index (χ0n) is 10.8. The molecule has 96 valence electrons. The molecule has 2 atom stereocenters. The van der Waals surface area contributed by atoms with Gasteiger partial charge in [-0.2, -0.15) is 0 Å². The summed E-state index contributed by atoms with van der Waals surface area (Å²) in [7, 11) is 0. The van der Waals surface area contributed by atoms with E-state index in [1.807, 2.05) is 0 Å². The average Bonchev–Trinajstić information content (AvgIpc) is 2.90. The Morgan fingerprint density at radius 1 is 0.947 bits per heavy atom. The van der Waals surface area contributed by atoms with Gasteiger partial charge in [0.1, 0.15) is 6.10 Å². The molecule has 2 nitrogen and oxygen atoms in total. The van der Waals surface area contributed by atoms with Crippen LogP contribution in [0.1, 0.15) is 22.8 Å². The van der Waals surface area contributed by atoms with Crippen molar-refractivity contribution in [3.8, 4) is 0 Å². The number of ether oxygens (including phenoxy) is 1. The van der Waals surface area contributed by atoms with Gasteiger partial charge in [-0.05, 0) is 35.6 Å². The van der Waals surface area contributed by atoms with Gasteiger partial charge in [0.25, 0.3) is 0 Å². The van der Waals surface area contributed by atoms with Crippen molar-refractivity contribution in [2.45, 2.75) is 25.0 Å². The molecule has 19 heavy (non-hydrogen) atoms. The van der Waals surface area contributed by atoms with Crippen molar-refractivity contribution in [3.63, 3.8) is 0 Å². The number of nitrogens with one attached hydrogen (secondary N) is 1. The molecule has 2 aromatic carbocycles. The van der Waals surface area contributed by atoms with Crippen LogP contribution in [-0.2, 0) is 17.6 Å². The third-order valence-corrected chi connectivity index (χ3v) is 4.19. The molecule has 0 radical (unpaired) electrons. The Hall–Kier alpha value is -1.80. The number of rotatable bonds is 1. The first-order valence-electron chi connectivity index (χ1n) is 6.96. The van der Waals surface area contributed by atoms with E-state index in [4.69, 9.17) is 4.74 Å². The fourth-order valence-electron chi connectivity index (χ4n) is 3.27. The maximum absolute atomic E-state index is 6.06. The average molecular weight is 251 g/mol. The van der Waals surface area contributed by atoms with E-state index in [-0.39, 0.29) is 6.10 Å². The fourth-order valence-corrected chi connectivity index (χ4v) is 3.27.